The largest absolute Gasteiger partial charge is 0.573 e. The maximum Gasteiger partial charge on any atom is 0.573 e. The third-order valence-electron chi connectivity index (χ3n) is 5.57. The van der Waals surface area contributed by atoms with Crippen LogP contribution in [0.15, 0.2) is 36.1 Å². The fourth-order valence-electron chi connectivity index (χ4n) is 3.99. The SMILES string of the molecule is O=C1/C(=C/c2n[nH]c3ccc(OC(F)(F)F)cc23)Oc2c1ccc(O)c2CN1CCNCC1. The van der Waals surface area contributed by atoms with Crippen molar-refractivity contribution in [2.75, 3.05) is 26.2 Å². The number of alkyl halides is 3. The van der Waals surface area contributed by atoms with Crippen LogP contribution in [0.25, 0.3) is 17.0 Å². The molecule has 1 aromatic heterocycles. The number of nitrogens with one attached hydrogen (secondary N) is 2. The van der Waals surface area contributed by atoms with E-state index in [9.17, 15) is 23.1 Å². The van der Waals surface area contributed by atoms with Crippen LogP contribution >= 0.6 is 0 Å². The zero-order valence-corrected chi connectivity index (χ0v) is 17.2. The fourth-order valence-corrected chi connectivity index (χ4v) is 3.99. The molecule has 1 saturated heterocycles. The maximum absolute atomic E-state index is 13.0. The number of halogens is 3. The van der Waals surface area contributed by atoms with Gasteiger partial charge in [-0.3, -0.25) is 14.8 Å². The number of carbonyl (C=O) groups is 1. The number of H-pyrrole nitrogens is 1. The van der Waals surface area contributed by atoms with E-state index in [1.54, 1.807) is 0 Å². The number of nitrogens with zero attached hydrogens (tertiary/aromatic N) is 2. The number of hydrogen-bond donors (Lipinski definition) is 3. The molecule has 3 aromatic rings. The first-order valence-corrected chi connectivity index (χ1v) is 10.2. The normalized spacial score (nSPS) is 18.0. The van der Waals surface area contributed by atoms with E-state index >= 15 is 0 Å². The molecular formula is C22H19F3N4O4. The first-order chi connectivity index (χ1) is 15.8. The molecule has 5 rings (SSSR count). The van der Waals surface area contributed by atoms with Gasteiger partial charge in [-0.1, -0.05) is 0 Å². The first-order valence-electron chi connectivity index (χ1n) is 10.2. The van der Waals surface area contributed by atoms with Crippen molar-refractivity contribution < 1.29 is 32.5 Å². The number of rotatable bonds is 4. The predicted molar refractivity (Wildman–Crippen MR) is 112 cm³/mol. The Morgan fingerprint density at radius 1 is 1.21 bits per heavy atom. The van der Waals surface area contributed by atoms with Gasteiger partial charge in [-0.25, -0.2) is 0 Å². The van der Waals surface area contributed by atoms with Crippen LogP contribution in [-0.4, -0.2) is 58.5 Å². The van der Waals surface area contributed by atoms with Gasteiger partial charge in [0.1, 0.15) is 17.2 Å². The molecule has 0 unspecified atom stereocenters. The third-order valence-corrected chi connectivity index (χ3v) is 5.57. The van der Waals surface area contributed by atoms with E-state index in [1.807, 2.05) is 0 Å². The second-order valence-corrected chi connectivity index (χ2v) is 7.77. The van der Waals surface area contributed by atoms with Gasteiger partial charge in [0.25, 0.3) is 0 Å². The molecule has 172 valence electrons. The zero-order chi connectivity index (χ0) is 23.2. The van der Waals surface area contributed by atoms with E-state index in [2.05, 4.69) is 25.2 Å². The molecule has 3 heterocycles. The Labute approximate surface area is 185 Å². The smallest absolute Gasteiger partial charge is 0.507 e. The molecule has 0 bridgehead atoms. The van der Waals surface area contributed by atoms with Crippen molar-refractivity contribution in [3.8, 4) is 17.2 Å². The summed E-state index contributed by atoms with van der Waals surface area (Å²) in [4.78, 5) is 15.1. The van der Waals surface area contributed by atoms with Crippen molar-refractivity contribution in [2.24, 2.45) is 0 Å². The molecule has 3 N–H and O–H groups in total. The van der Waals surface area contributed by atoms with Gasteiger partial charge >= 0.3 is 6.36 Å². The minimum Gasteiger partial charge on any atom is -0.507 e. The van der Waals surface area contributed by atoms with E-state index in [0.717, 1.165) is 26.2 Å². The predicted octanol–water partition coefficient (Wildman–Crippen LogP) is 3.19. The topological polar surface area (TPSA) is 99.7 Å². The monoisotopic (exact) mass is 460 g/mol. The number of hydrogen-bond acceptors (Lipinski definition) is 7. The van der Waals surface area contributed by atoms with Gasteiger partial charge in [-0.2, -0.15) is 5.10 Å². The number of allylic oxidation sites excluding steroid dienone is 1. The average Bonchev–Trinajstić information content (AvgIpc) is 3.31. The molecule has 0 aliphatic carbocycles. The summed E-state index contributed by atoms with van der Waals surface area (Å²) < 4.78 is 47.6. The highest BCUT2D eigenvalue weighted by atomic mass is 19.4. The number of carbonyl (C=O) groups excluding carboxylic acids is 1. The summed E-state index contributed by atoms with van der Waals surface area (Å²) in [6.07, 6.45) is -3.46. The summed E-state index contributed by atoms with van der Waals surface area (Å²) in [5.41, 5.74) is 1.52. The van der Waals surface area contributed by atoms with Crippen LogP contribution in [0, 0.1) is 0 Å². The molecule has 0 amide bonds. The molecule has 0 atom stereocenters. The Hall–Kier alpha value is -3.57. The number of fused-ring (bicyclic) bond motifs is 2. The summed E-state index contributed by atoms with van der Waals surface area (Å²) in [5, 5.41) is 20.8. The number of ketones is 1. The molecule has 0 spiro atoms. The van der Waals surface area contributed by atoms with Crippen molar-refractivity contribution in [2.45, 2.75) is 12.9 Å². The molecule has 0 saturated carbocycles. The molecule has 2 aromatic carbocycles. The Morgan fingerprint density at radius 3 is 2.76 bits per heavy atom. The summed E-state index contributed by atoms with van der Waals surface area (Å²) in [7, 11) is 0. The van der Waals surface area contributed by atoms with Gasteiger partial charge in [0, 0.05) is 44.2 Å². The lowest BCUT2D eigenvalue weighted by Crippen LogP contribution is -2.42. The Balaban J connectivity index is 1.47. The molecular weight excluding hydrogens is 441 g/mol. The van der Waals surface area contributed by atoms with Crippen LogP contribution in [0.4, 0.5) is 13.2 Å². The van der Waals surface area contributed by atoms with Crippen LogP contribution in [0.5, 0.6) is 17.2 Å². The number of aromatic hydroxyl groups is 1. The van der Waals surface area contributed by atoms with Crippen molar-refractivity contribution in [1.82, 2.24) is 20.4 Å². The van der Waals surface area contributed by atoms with Crippen molar-refractivity contribution in [3.05, 3.63) is 52.9 Å². The number of ether oxygens (including phenoxy) is 2. The van der Waals surface area contributed by atoms with Gasteiger partial charge < -0.3 is 19.9 Å². The van der Waals surface area contributed by atoms with Gasteiger partial charge in [-0.05, 0) is 30.3 Å². The van der Waals surface area contributed by atoms with Gasteiger partial charge in [0.2, 0.25) is 5.78 Å². The number of piperazine rings is 1. The quantitative estimate of drug-likeness (QED) is 0.515. The molecule has 2 aliphatic rings. The van der Waals surface area contributed by atoms with Gasteiger partial charge in [0.15, 0.2) is 5.76 Å². The minimum atomic E-state index is -4.83. The van der Waals surface area contributed by atoms with Crippen LogP contribution in [-0.2, 0) is 6.54 Å². The van der Waals surface area contributed by atoms with Crippen LogP contribution in [0.2, 0.25) is 0 Å². The van der Waals surface area contributed by atoms with E-state index in [-0.39, 0.29) is 23.0 Å². The summed E-state index contributed by atoms with van der Waals surface area (Å²) >= 11 is 0. The minimum absolute atomic E-state index is 0.0282. The lowest BCUT2D eigenvalue weighted by atomic mass is 10.0. The van der Waals surface area contributed by atoms with E-state index in [4.69, 9.17) is 4.74 Å². The highest BCUT2D eigenvalue weighted by molar-refractivity contribution is 6.15. The molecule has 8 nitrogen and oxygen atoms in total. The standard InChI is InChI=1S/C22H19F3N4O4/c23-22(24,25)33-12-1-3-16-14(9-12)17(28-27-16)10-19-20(31)13-2-4-18(30)15(21(13)32-19)11-29-7-5-26-6-8-29/h1-4,9-10,26,30H,5-8,11H2,(H,27,28)/b19-10-. The van der Waals surface area contributed by atoms with E-state index < -0.39 is 17.9 Å². The number of Topliss-reactive ketones (excluding diaryl/α,β-unsaturated/α-hetero) is 1. The lowest BCUT2D eigenvalue weighted by molar-refractivity contribution is -0.274. The van der Waals surface area contributed by atoms with Gasteiger partial charge in [-0.15, -0.1) is 13.2 Å². The maximum atomic E-state index is 13.0. The second-order valence-electron chi connectivity index (χ2n) is 7.77. The molecule has 33 heavy (non-hydrogen) atoms. The Kier molecular flexibility index (Phi) is 5.22. The van der Waals surface area contributed by atoms with E-state index in [0.29, 0.717) is 28.6 Å². The zero-order valence-electron chi connectivity index (χ0n) is 17.2. The lowest BCUT2D eigenvalue weighted by Gasteiger charge is -2.27. The highest BCUT2D eigenvalue weighted by Crippen LogP contribution is 2.40. The van der Waals surface area contributed by atoms with Crippen LogP contribution < -0.4 is 14.8 Å². The Bertz CT molecular complexity index is 1260. The highest BCUT2D eigenvalue weighted by Gasteiger charge is 2.33. The number of aromatic nitrogens is 2. The number of phenols is 1. The summed E-state index contributed by atoms with van der Waals surface area (Å²) in [6, 6.07) is 6.72. The number of phenolic OH excluding ortho intramolecular Hbond substituents is 1. The van der Waals surface area contributed by atoms with Crippen molar-refractivity contribution in [1.29, 1.82) is 0 Å². The summed E-state index contributed by atoms with van der Waals surface area (Å²) in [5.74, 6) is -0.523. The number of aromatic amines is 1. The molecule has 11 heteroatoms. The average molecular weight is 460 g/mol. The van der Waals surface area contributed by atoms with E-state index in [1.165, 1.54) is 36.4 Å². The molecule has 1 fully saturated rings. The summed E-state index contributed by atoms with van der Waals surface area (Å²) in [6.45, 7) is 3.66. The van der Waals surface area contributed by atoms with Crippen LogP contribution in [0.1, 0.15) is 21.6 Å². The second kappa shape index (κ2) is 8.09. The van der Waals surface area contributed by atoms with Crippen LogP contribution in [0.3, 0.4) is 0 Å². The number of benzene rings is 2. The molecule has 2 aliphatic heterocycles. The van der Waals surface area contributed by atoms with Gasteiger partial charge in [0.05, 0.1) is 22.3 Å². The third kappa shape index (κ3) is 4.24. The van der Waals surface area contributed by atoms with Crippen molar-refractivity contribution >= 4 is 22.8 Å². The fraction of sp³-hybridized carbons (Fsp3) is 0.273. The van der Waals surface area contributed by atoms with Crippen molar-refractivity contribution in [3.63, 3.8) is 0 Å². The first kappa shape index (κ1) is 21.3. The Morgan fingerprint density at radius 2 is 2.00 bits per heavy atom. The molecule has 0 radical (unpaired) electrons.